The summed E-state index contributed by atoms with van der Waals surface area (Å²) >= 11 is 0. The first-order valence-electron chi connectivity index (χ1n) is 8.29. The van der Waals surface area contributed by atoms with E-state index in [1.807, 2.05) is 30.4 Å². The summed E-state index contributed by atoms with van der Waals surface area (Å²) in [6, 6.07) is 14.6. The van der Waals surface area contributed by atoms with Crippen molar-refractivity contribution in [3.05, 3.63) is 81.9 Å². The SMILES string of the molecule is O=[N+]([O-])c1ccc2c(N=NC3(O)CC=Cc4ccccc43)c(O)ccc2c1. The smallest absolute Gasteiger partial charge is 0.270 e. The first-order chi connectivity index (χ1) is 13.0. The lowest BCUT2D eigenvalue weighted by Gasteiger charge is -2.26. The Bertz CT molecular complexity index is 1120. The monoisotopic (exact) mass is 361 g/mol. The van der Waals surface area contributed by atoms with Crippen molar-refractivity contribution >= 4 is 28.2 Å². The Hall–Kier alpha value is -3.58. The van der Waals surface area contributed by atoms with Gasteiger partial charge in [0.25, 0.3) is 5.69 Å². The number of nitro groups is 1. The molecule has 0 saturated heterocycles. The summed E-state index contributed by atoms with van der Waals surface area (Å²) in [6.07, 6.45) is 3.98. The number of phenols is 1. The number of phenolic OH excluding ortho intramolecular Hbond substituents is 1. The summed E-state index contributed by atoms with van der Waals surface area (Å²) in [7, 11) is 0. The van der Waals surface area contributed by atoms with Crippen molar-refractivity contribution in [1.29, 1.82) is 0 Å². The van der Waals surface area contributed by atoms with Crippen LogP contribution in [0.5, 0.6) is 5.75 Å². The minimum Gasteiger partial charge on any atom is -0.506 e. The molecule has 1 aliphatic carbocycles. The summed E-state index contributed by atoms with van der Waals surface area (Å²) in [5.74, 6) is -0.122. The van der Waals surface area contributed by atoms with Gasteiger partial charge in [0.1, 0.15) is 11.4 Å². The van der Waals surface area contributed by atoms with Crippen molar-refractivity contribution in [2.75, 3.05) is 0 Å². The van der Waals surface area contributed by atoms with Crippen LogP contribution in [0.2, 0.25) is 0 Å². The maximum atomic E-state index is 11.0. The number of rotatable bonds is 3. The molecule has 2 N–H and O–H groups in total. The quantitative estimate of drug-likeness (QED) is 0.397. The summed E-state index contributed by atoms with van der Waals surface area (Å²) in [5, 5.41) is 41.5. The molecule has 0 aliphatic heterocycles. The zero-order valence-electron chi connectivity index (χ0n) is 14.1. The second kappa shape index (κ2) is 6.30. The molecule has 0 amide bonds. The van der Waals surface area contributed by atoms with Gasteiger partial charge in [-0.2, -0.15) is 0 Å². The third-order valence-electron chi connectivity index (χ3n) is 4.57. The van der Waals surface area contributed by atoms with Crippen molar-refractivity contribution in [3.8, 4) is 5.75 Å². The Balaban J connectivity index is 1.80. The van der Waals surface area contributed by atoms with Gasteiger partial charge in [0, 0.05) is 29.5 Å². The Kier molecular flexibility index (Phi) is 3.93. The lowest BCUT2D eigenvalue weighted by Crippen LogP contribution is -2.24. The maximum Gasteiger partial charge on any atom is 0.270 e. The number of benzene rings is 3. The molecule has 3 aromatic carbocycles. The van der Waals surface area contributed by atoms with Gasteiger partial charge in [0.2, 0.25) is 5.72 Å². The van der Waals surface area contributed by atoms with Crippen LogP contribution in [-0.4, -0.2) is 15.1 Å². The molecule has 1 unspecified atom stereocenters. The molecule has 7 nitrogen and oxygen atoms in total. The molecule has 0 saturated carbocycles. The van der Waals surface area contributed by atoms with Crippen LogP contribution in [0.25, 0.3) is 16.8 Å². The normalized spacial score (nSPS) is 18.7. The van der Waals surface area contributed by atoms with Crippen LogP contribution in [0.15, 0.2) is 70.9 Å². The second-order valence-electron chi connectivity index (χ2n) is 6.31. The number of hydrogen-bond acceptors (Lipinski definition) is 6. The van der Waals surface area contributed by atoms with Gasteiger partial charge in [0.15, 0.2) is 0 Å². The van der Waals surface area contributed by atoms with E-state index in [1.165, 1.54) is 24.3 Å². The summed E-state index contributed by atoms with van der Waals surface area (Å²) in [4.78, 5) is 10.5. The van der Waals surface area contributed by atoms with Crippen molar-refractivity contribution in [1.82, 2.24) is 0 Å². The highest BCUT2D eigenvalue weighted by Crippen LogP contribution is 2.40. The zero-order chi connectivity index (χ0) is 19.0. The molecular weight excluding hydrogens is 346 g/mol. The summed E-state index contributed by atoms with van der Waals surface area (Å²) in [5.41, 5.74) is 0.0410. The average Bonchev–Trinajstić information content (AvgIpc) is 2.67. The average molecular weight is 361 g/mol. The van der Waals surface area contributed by atoms with E-state index in [9.17, 15) is 20.3 Å². The predicted octanol–water partition coefficient (Wildman–Crippen LogP) is 4.80. The van der Waals surface area contributed by atoms with Gasteiger partial charge in [0.05, 0.1) is 4.92 Å². The number of azo groups is 1. The maximum absolute atomic E-state index is 11.0. The van der Waals surface area contributed by atoms with E-state index in [2.05, 4.69) is 10.2 Å². The molecule has 3 aromatic rings. The fraction of sp³-hybridized carbons (Fsp3) is 0.100. The molecule has 7 heteroatoms. The minimum absolute atomic E-state index is 0.0546. The number of nitro benzene ring substituents is 1. The molecule has 0 aromatic heterocycles. The van der Waals surface area contributed by atoms with Crippen LogP contribution in [-0.2, 0) is 5.72 Å². The predicted molar refractivity (Wildman–Crippen MR) is 101 cm³/mol. The molecule has 0 heterocycles. The molecule has 0 spiro atoms. The molecule has 0 bridgehead atoms. The van der Waals surface area contributed by atoms with Crippen LogP contribution in [0.4, 0.5) is 11.4 Å². The molecule has 27 heavy (non-hydrogen) atoms. The third kappa shape index (κ3) is 2.94. The van der Waals surface area contributed by atoms with Gasteiger partial charge in [-0.3, -0.25) is 10.1 Å². The number of aromatic hydroxyl groups is 1. The van der Waals surface area contributed by atoms with E-state index in [4.69, 9.17) is 0 Å². The fourth-order valence-electron chi connectivity index (χ4n) is 3.20. The van der Waals surface area contributed by atoms with Crippen molar-refractivity contribution in [2.45, 2.75) is 12.1 Å². The molecule has 134 valence electrons. The van der Waals surface area contributed by atoms with E-state index < -0.39 is 10.6 Å². The van der Waals surface area contributed by atoms with E-state index in [1.54, 1.807) is 12.1 Å². The number of non-ortho nitro benzene ring substituents is 1. The fourth-order valence-corrected chi connectivity index (χ4v) is 3.20. The van der Waals surface area contributed by atoms with Gasteiger partial charge in [-0.05, 0) is 23.1 Å². The molecule has 1 aliphatic rings. The molecule has 0 fully saturated rings. The van der Waals surface area contributed by atoms with Crippen LogP contribution in [0.3, 0.4) is 0 Å². The number of hydrogen-bond donors (Lipinski definition) is 2. The molecule has 4 rings (SSSR count). The van der Waals surface area contributed by atoms with Crippen LogP contribution in [0.1, 0.15) is 17.5 Å². The van der Waals surface area contributed by atoms with Gasteiger partial charge in [-0.25, -0.2) is 0 Å². The lowest BCUT2D eigenvalue weighted by atomic mass is 9.90. The second-order valence-corrected chi connectivity index (χ2v) is 6.31. The molecular formula is C20H15N3O4. The summed E-state index contributed by atoms with van der Waals surface area (Å²) in [6.45, 7) is 0. The van der Waals surface area contributed by atoms with Gasteiger partial charge in [-0.15, -0.1) is 10.2 Å². The van der Waals surface area contributed by atoms with E-state index in [-0.39, 0.29) is 23.5 Å². The van der Waals surface area contributed by atoms with E-state index in [0.29, 0.717) is 16.3 Å². The highest BCUT2D eigenvalue weighted by atomic mass is 16.6. The van der Waals surface area contributed by atoms with Crippen molar-refractivity contribution in [3.63, 3.8) is 0 Å². The topological polar surface area (TPSA) is 108 Å². The zero-order valence-corrected chi connectivity index (χ0v) is 14.1. The number of fused-ring (bicyclic) bond motifs is 2. The van der Waals surface area contributed by atoms with Crippen LogP contribution >= 0.6 is 0 Å². The molecule has 1 atom stereocenters. The Morgan fingerprint density at radius 2 is 1.93 bits per heavy atom. The third-order valence-corrected chi connectivity index (χ3v) is 4.57. The van der Waals surface area contributed by atoms with E-state index in [0.717, 1.165) is 5.56 Å². The van der Waals surface area contributed by atoms with Crippen LogP contribution in [0, 0.1) is 10.1 Å². The minimum atomic E-state index is -1.54. The lowest BCUT2D eigenvalue weighted by molar-refractivity contribution is -0.384. The van der Waals surface area contributed by atoms with Crippen molar-refractivity contribution in [2.24, 2.45) is 10.2 Å². The van der Waals surface area contributed by atoms with E-state index >= 15 is 0 Å². The van der Waals surface area contributed by atoms with Gasteiger partial charge < -0.3 is 10.2 Å². The largest absolute Gasteiger partial charge is 0.506 e. The standard InChI is InChI=1S/C20H15N3O4/c24-18-10-7-14-12-15(23(26)27)8-9-16(14)19(18)21-22-20(25)11-3-5-13-4-1-2-6-17(13)20/h1-10,12,24-25H,11H2. The van der Waals surface area contributed by atoms with Gasteiger partial charge >= 0.3 is 0 Å². The highest BCUT2D eigenvalue weighted by Gasteiger charge is 2.32. The molecule has 0 radical (unpaired) electrons. The summed E-state index contributed by atoms with van der Waals surface area (Å²) < 4.78 is 0. The highest BCUT2D eigenvalue weighted by molar-refractivity contribution is 5.96. The van der Waals surface area contributed by atoms with Gasteiger partial charge in [-0.1, -0.05) is 42.5 Å². The first-order valence-corrected chi connectivity index (χ1v) is 8.29. The Morgan fingerprint density at radius 3 is 2.74 bits per heavy atom. The first kappa shape index (κ1) is 16.9. The number of aliphatic hydroxyl groups is 1. The number of nitrogens with zero attached hydrogens (tertiary/aromatic N) is 3. The Morgan fingerprint density at radius 1 is 1.11 bits per heavy atom. The Labute approximate surface area is 154 Å². The van der Waals surface area contributed by atoms with Crippen LogP contribution < -0.4 is 0 Å². The van der Waals surface area contributed by atoms with Crippen molar-refractivity contribution < 1.29 is 15.1 Å².